The van der Waals surface area contributed by atoms with Crippen molar-refractivity contribution in [2.75, 3.05) is 6.61 Å². The third kappa shape index (κ3) is 4.28. The molecule has 0 radical (unpaired) electrons. The van der Waals surface area contributed by atoms with Crippen LogP contribution in [-0.4, -0.2) is 22.2 Å². The van der Waals surface area contributed by atoms with Gasteiger partial charge in [-0.1, -0.05) is 31.9 Å². The average molecular weight is 346 g/mol. The second-order valence-corrected chi connectivity index (χ2v) is 6.34. The van der Waals surface area contributed by atoms with Crippen molar-refractivity contribution in [1.82, 2.24) is 4.57 Å². The quantitative estimate of drug-likeness (QED) is 0.678. The van der Waals surface area contributed by atoms with Gasteiger partial charge in [0.1, 0.15) is 5.82 Å². The smallest absolute Gasteiger partial charge is 0.251 e. The summed E-state index contributed by atoms with van der Waals surface area (Å²) in [5, 5.41) is 9.21. The number of benzene rings is 1. The van der Waals surface area contributed by atoms with Gasteiger partial charge in [0.25, 0.3) is 5.91 Å². The Labute approximate surface area is 148 Å². The zero-order chi connectivity index (χ0) is 18.4. The molecular weight excluding hydrogens is 319 g/mol. The van der Waals surface area contributed by atoms with Crippen LogP contribution in [0.3, 0.4) is 0 Å². The molecule has 3 N–H and O–H groups in total. The molecule has 5 heteroatoms. The molecule has 4 nitrogen and oxygen atoms in total. The summed E-state index contributed by atoms with van der Waals surface area (Å²) in [6.07, 6.45) is 4.54. The summed E-state index contributed by atoms with van der Waals surface area (Å²) < 4.78 is 15.8. The standard InChI is InChI=1S/C20H27FN2O2/c1-3-4-5-10-17-19(15-8-6-9-16(21)13-15)18(20(22)25)14(2)23(17)11-7-12-24/h6,8-9,13,24H,3-5,7,10-12H2,1-2H3,(H2,22,25). The molecule has 0 aliphatic carbocycles. The van der Waals surface area contributed by atoms with Gasteiger partial charge in [0.2, 0.25) is 0 Å². The van der Waals surface area contributed by atoms with E-state index in [0.717, 1.165) is 42.6 Å². The Hall–Kier alpha value is -2.14. The fraction of sp³-hybridized carbons (Fsp3) is 0.450. The highest BCUT2D eigenvalue weighted by Crippen LogP contribution is 2.34. The van der Waals surface area contributed by atoms with Crippen LogP contribution >= 0.6 is 0 Å². The second kappa shape index (κ2) is 8.81. The van der Waals surface area contributed by atoms with Gasteiger partial charge >= 0.3 is 0 Å². The first kappa shape index (κ1) is 19.2. The highest BCUT2D eigenvalue weighted by atomic mass is 19.1. The number of amides is 1. The van der Waals surface area contributed by atoms with Crippen LogP contribution in [-0.2, 0) is 13.0 Å². The van der Waals surface area contributed by atoms with Crippen LogP contribution in [0.25, 0.3) is 11.1 Å². The molecule has 0 atom stereocenters. The number of rotatable bonds is 9. The molecule has 25 heavy (non-hydrogen) atoms. The predicted molar refractivity (Wildman–Crippen MR) is 98.0 cm³/mol. The Morgan fingerprint density at radius 1 is 1.28 bits per heavy atom. The van der Waals surface area contributed by atoms with Crippen LogP contribution in [0.15, 0.2) is 24.3 Å². The van der Waals surface area contributed by atoms with Gasteiger partial charge in [0, 0.05) is 30.1 Å². The first-order valence-electron chi connectivity index (χ1n) is 8.89. The third-order valence-corrected chi connectivity index (χ3v) is 4.55. The molecule has 0 aliphatic heterocycles. The fourth-order valence-electron chi connectivity index (χ4n) is 3.39. The summed E-state index contributed by atoms with van der Waals surface area (Å²) in [5.74, 6) is -0.843. The molecule has 1 heterocycles. The Morgan fingerprint density at radius 3 is 2.64 bits per heavy atom. The number of hydrogen-bond acceptors (Lipinski definition) is 2. The van der Waals surface area contributed by atoms with Gasteiger partial charge < -0.3 is 15.4 Å². The molecular formula is C20H27FN2O2. The minimum atomic E-state index is -0.503. The summed E-state index contributed by atoms with van der Waals surface area (Å²) in [7, 11) is 0. The van der Waals surface area contributed by atoms with Crippen LogP contribution in [0.4, 0.5) is 4.39 Å². The third-order valence-electron chi connectivity index (χ3n) is 4.55. The van der Waals surface area contributed by atoms with E-state index in [2.05, 4.69) is 11.5 Å². The second-order valence-electron chi connectivity index (χ2n) is 6.34. The monoisotopic (exact) mass is 346 g/mol. The van der Waals surface area contributed by atoms with E-state index in [1.807, 2.05) is 13.0 Å². The van der Waals surface area contributed by atoms with E-state index in [9.17, 15) is 14.3 Å². The first-order chi connectivity index (χ1) is 12.0. The predicted octanol–water partition coefficient (Wildman–Crippen LogP) is 3.82. The number of halogens is 1. The summed E-state index contributed by atoms with van der Waals surface area (Å²) in [4.78, 5) is 12.1. The van der Waals surface area contributed by atoms with Crippen molar-refractivity contribution < 1.29 is 14.3 Å². The van der Waals surface area contributed by atoms with Crippen molar-refractivity contribution in [3.63, 3.8) is 0 Å². The molecule has 1 aromatic heterocycles. The van der Waals surface area contributed by atoms with E-state index >= 15 is 0 Å². The largest absolute Gasteiger partial charge is 0.396 e. The van der Waals surface area contributed by atoms with E-state index in [4.69, 9.17) is 5.73 Å². The van der Waals surface area contributed by atoms with Crippen molar-refractivity contribution in [2.45, 2.75) is 52.5 Å². The van der Waals surface area contributed by atoms with Crippen molar-refractivity contribution in [1.29, 1.82) is 0 Å². The van der Waals surface area contributed by atoms with E-state index in [1.54, 1.807) is 6.07 Å². The highest BCUT2D eigenvalue weighted by Gasteiger charge is 2.24. The van der Waals surface area contributed by atoms with Crippen molar-refractivity contribution >= 4 is 5.91 Å². The lowest BCUT2D eigenvalue weighted by atomic mass is 9.97. The average Bonchev–Trinajstić information content (AvgIpc) is 2.85. The molecule has 1 aromatic carbocycles. The summed E-state index contributed by atoms with van der Waals surface area (Å²) in [6.45, 7) is 4.69. The topological polar surface area (TPSA) is 68.2 Å². The molecule has 136 valence electrons. The summed E-state index contributed by atoms with van der Waals surface area (Å²) in [5.41, 5.74) is 9.30. The van der Waals surface area contributed by atoms with Crippen molar-refractivity contribution in [3.05, 3.63) is 47.0 Å². The van der Waals surface area contributed by atoms with Crippen molar-refractivity contribution in [2.24, 2.45) is 5.73 Å². The summed E-state index contributed by atoms with van der Waals surface area (Å²) in [6, 6.07) is 6.29. The fourth-order valence-corrected chi connectivity index (χ4v) is 3.39. The molecule has 2 aromatic rings. The maximum absolute atomic E-state index is 13.8. The number of carbonyl (C=O) groups is 1. The number of aliphatic hydroxyl groups excluding tert-OH is 1. The van der Waals surface area contributed by atoms with Gasteiger partial charge in [-0.15, -0.1) is 0 Å². The minimum absolute atomic E-state index is 0.0766. The Kier molecular flexibility index (Phi) is 6.76. The maximum Gasteiger partial charge on any atom is 0.251 e. The maximum atomic E-state index is 13.8. The lowest BCUT2D eigenvalue weighted by Crippen LogP contribution is -2.13. The zero-order valence-electron chi connectivity index (χ0n) is 15.0. The SMILES string of the molecule is CCCCCc1c(-c2cccc(F)c2)c(C(N)=O)c(C)n1CCCO. The number of aliphatic hydroxyl groups is 1. The lowest BCUT2D eigenvalue weighted by Gasteiger charge is -2.13. The molecule has 0 unspecified atom stereocenters. The van der Waals surface area contributed by atoms with Crippen molar-refractivity contribution in [3.8, 4) is 11.1 Å². The van der Waals surface area contributed by atoms with Gasteiger partial charge in [0.05, 0.1) is 5.56 Å². The zero-order valence-corrected chi connectivity index (χ0v) is 15.0. The van der Waals surface area contributed by atoms with Crippen LogP contribution in [0.2, 0.25) is 0 Å². The molecule has 0 aliphatic rings. The normalized spacial score (nSPS) is 11.0. The highest BCUT2D eigenvalue weighted by molar-refractivity contribution is 6.02. The van der Waals surface area contributed by atoms with Crippen LogP contribution in [0.1, 0.15) is 54.4 Å². The Balaban J connectivity index is 2.65. The van der Waals surface area contributed by atoms with Crippen LogP contribution < -0.4 is 5.73 Å². The van der Waals surface area contributed by atoms with E-state index in [-0.39, 0.29) is 12.4 Å². The Morgan fingerprint density at radius 2 is 2.04 bits per heavy atom. The van der Waals surface area contributed by atoms with Gasteiger partial charge in [-0.3, -0.25) is 4.79 Å². The molecule has 2 rings (SSSR count). The van der Waals surface area contributed by atoms with Crippen LogP contribution in [0.5, 0.6) is 0 Å². The molecule has 0 spiro atoms. The van der Waals surface area contributed by atoms with E-state index in [1.165, 1.54) is 12.1 Å². The number of primary amides is 1. The number of hydrogen-bond donors (Lipinski definition) is 2. The van der Waals surface area contributed by atoms with Gasteiger partial charge in [-0.2, -0.15) is 0 Å². The van der Waals surface area contributed by atoms with E-state index < -0.39 is 5.91 Å². The van der Waals surface area contributed by atoms with E-state index in [0.29, 0.717) is 24.1 Å². The molecule has 0 bridgehead atoms. The van der Waals surface area contributed by atoms with Gasteiger partial charge in [-0.25, -0.2) is 4.39 Å². The van der Waals surface area contributed by atoms with Gasteiger partial charge in [-0.05, 0) is 43.9 Å². The summed E-state index contributed by atoms with van der Waals surface area (Å²) >= 11 is 0. The molecule has 0 saturated carbocycles. The number of carbonyl (C=O) groups excluding carboxylic acids is 1. The van der Waals surface area contributed by atoms with Crippen LogP contribution in [0, 0.1) is 12.7 Å². The number of aromatic nitrogens is 1. The molecule has 1 amide bonds. The number of unbranched alkanes of at least 4 members (excludes halogenated alkanes) is 2. The molecule has 0 fully saturated rings. The van der Waals surface area contributed by atoms with Gasteiger partial charge in [0.15, 0.2) is 0 Å². The minimum Gasteiger partial charge on any atom is -0.396 e. The first-order valence-corrected chi connectivity index (χ1v) is 8.89. The lowest BCUT2D eigenvalue weighted by molar-refractivity contribution is 0.1000. The Bertz CT molecular complexity index is 738. The molecule has 0 saturated heterocycles. The number of nitrogens with zero attached hydrogens (tertiary/aromatic N) is 1. The number of nitrogens with two attached hydrogens (primary N) is 1.